The number of thioether (sulfide) groups is 1. The molecule has 42 heteroatoms. The number of aromatic hydroxyl groups is 1. The predicted octanol–water partition coefficient (Wildman–Crippen LogP) is -8.78. The summed E-state index contributed by atoms with van der Waals surface area (Å²) in [5, 5.41) is 67.4. The van der Waals surface area contributed by atoms with E-state index in [9.17, 15) is 87.5 Å². The molecule has 0 aliphatic heterocycles. The highest BCUT2D eigenvalue weighted by atomic mass is 32.2. The molecule has 0 spiro atoms. The summed E-state index contributed by atoms with van der Waals surface area (Å²) >= 11 is 1.25. The Bertz CT molecular complexity index is 3170. The Balaban J connectivity index is 3.76. The minimum atomic E-state index is -1.88. The van der Waals surface area contributed by atoms with E-state index in [1.54, 1.807) is 34.0 Å². The minimum Gasteiger partial charge on any atom is -0.508 e. The Labute approximate surface area is 612 Å². The number of carbonyl (C=O) groups excluding carboxylic acids is 13. The van der Waals surface area contributed by atoms with Crippen molar-refractivity contribution in [1.82, 2.24) is 58.5 Å². The van der Waals surface area contributed by atoms with Crippen LogP contribution in [0.15, 0.2) is 39.2 Å². The third kappa shape index (κ3) is 37.6. The SMILES string of the molecule is CSCC[C@H](NC(=O)[C@H](CCC(N)=O)NC(=O)[C@@H](N)CO)C(=O)N[C@H](C(=O)N[C@@H](CCCN=C(N)N)C(=O)N[C@@H](CCC(N)=O)C(=O)N[C@@H](C)C(=O)N[C@@H](CCCN=C(N)N)C(=O)N[C@@H](CCCN=C(N)N)C(=O)N[C@@H](CC(C)C)C(=O)N[C@@H](Cc1ccc(O)cc1)C(=O)N[C@H](C(=O)O)C(C)C)[C@@H](C)O. The Morgan fingerprint density at radius 1 is 0.438 bits per heavy atom. The van der Waals surface area contributed by atoms with Crippen molar-refractivity contribution < 1.29 is 87.5 Å². The molecule has 1 aromatic carbocycles. The normalized spacial score (nSPS) is 14.7. The summed E-state index contributed by atoms with van der Waals surface area (Å²) < 4.78 is 0. The number of hydrogen-bond acceptors (Lipinski definition) is 22. The number of rotatable bonds is 51. The standard InChI is InChI=1S/C63H109N23O18S/c1-30(2)27-43(57(100)84-44(28-34-14-16-35(89)17-15-34)58(101)85-47(31(3)4)60(103)104)83-54(97)38(12-9-24-74-62(69)70)79-52(95)37(11-8-23-73-61(67)68)77-49(92)32(5)76-51(94)40(18-20-45(65)90)80-53(96)39(13-10-25-75-63(71)72)82-59(102)48(33(6)88)86-56(99)42(22-26-105-7)81-55(98)41(19-21-46(66)91)78-50(93)36(64)29-87/h14-17,30-33,36-44,47-48,87-89H,8-13,18-29,64H2,1-7H3,(H2,65,90)(H2,66,91)(H,76,94)(H,77,92)(H,78,93)(H,79,95)(H,80,96)(H,81,98)(H,82,102)(H,83,97)(H,84,100)(H,85,101)(H,86,99)(H,103,104)(H4,67,68,73)(H4,69,70,74)(H4,71,72,75)/t32-,33+,36-,37-,38-,39-,40-,41-,42-,43-,44-,47-,48-/m0/s1. The number of nitrogens with one attached hydrogen (secondary N) is 11. The van der Waals surface area contributed by atoms with Crippen molar-refractivity contribution in [2.24, 2.45) is 78.4 Å². The van der Waals surface area contributed by atoms with Gasteiger partial charge < -0.3 is 131 Å². The van der Waals surface area contributed by atoms with Crippen LogP contribution in [0.2, 0.25) is 0 Å². The van der Waals surface area contributed by atoms with Crippen molar-refractivity contribution in [2.45, 2.75) is 204 Å². The second kappa shape index (κ2) is 48.6. The second-order valence-corrected chi connectivity index (χ2v) is 26.4. The fourth-order valence-corrected chi connectivity index (χ4v) is 10.3. The first kappa shape index (κ1) is 92.7. The number of benzene rings is 1. The molecule has 41 nitrogen and oxygen atoms in total. The van der Waals surface area contributed by atoms with Gasteiger partial charge in [-0.2, -0.15) is 11.8 Å². The lowest BCUT2D eigenvalue weighted by atomic mass is 9.99. The molecule has 13 amide bonds. The highest BCUT2D eigenvalue weighted by molar-refractivity contribution is 7.98. The molecule has 0 fully saturated rings. The first-order chi connectivity index (χ1) is 49.2. The van der Waals surface area contributed by atoms with E-state index in [-0.39, 0.29) is 119 Å². The number of nitrogens with zero attached hydrogens (tertiary/aromatic N) is 3. The maximum Gasteiger partial charge on any atom is 0.326 e. The third-order valence-electron chi connectivity index (χ3n) is 15.5. The largest absolute Gasteiger partial charge is 0.508 e. The molecule has 0 radical (unpaired) electrons. The molecule has 0 saturated heterocycles. The van der Waals surface area contributed by atoms with Crippen LogP contribution in [-0.4, -0.2) is 238 Å². The number of primary amides is 2. The Morgan fingerprint density at radius 3 is 1.16 bits per heavy atom. The zero-order chi connectivity index (χ0) is 79.8. The van der Waals surface area contributed by atoms with E-state index in [1.807, 2.05) is 0 Å². The van der Waals surface area contributed by atoms with E-state index < -0.39 is 193 Å². The van der Waals surface area contributed by atoms with Gasteiger partial charge in [-0.25, -0.2) is 4.79 Å². The van der Waals surface area contributed by atoms with Gasteiger partial charge in [-0.1, -0.05) is 39.8 Å². The predicted molar refractivity (Wildman–Crippen MR) is 387 cm³/mol. The van der Waals surface area contributed by atoms with Crippen molar-refractivity contribution in [2.75, 3.05) is 38.2 Å². The number of aliphatic imine (C=N–C) groups is 3. The number of carboxylic acid groups (broad SMARTS) is 1. The van der Waals surface area contributed by atoms with E-state index >= 15 is 0 Å². The summed E-state index contributed by atoms with van der Waals surface area (Å²) in [7, 11) is 0. The fourth-order valence-electron chi connectivity index (χ4n) is 9.80. The number of guanidine groups is 3. The summed E-state index contributed by atoms with van der Waals surface area (Å²) in [5.41, 5.74) is 50.1. The summed E-state index contributed by atoms with van der Waals surface area (Å²) in [5.74, 6) is -16.0. The highest BCUT2D eigenvalue weighted by Crippen LogP contribution is 2.16. The molecule has 0 aromatic heterocycles. The third-order valence-corrected chi connectivity index (χ3v) is 16.2. The van der Waals surface area contributed by atoms with Gasteiger partial charge in [0, 0.05) is 38.9 Å². The molecule has 33 N–H and O–H groups in total. The average Bonchev–Trinajstić information content (AvgIpc) is 0.865. The zero-order valence-electron chi connectivity index (χ0n) is 60.1. The number of aliphatic hydroxyl groups is 2. The number of phenols is 1. The summed E-state index contributed by atoms with van der Waals surface area (Å²) in [6, 6.07) is -12.9. The van der Waals surface area contributed by atoms with Crippen LogP contribution in [0.3, 0.4) is 0 Å². The summed E-state index contributed by atoms with van der Waals surface area (Å²) in [4.78, 5) is 202. The fraction of sp³-hybridized carbons (Fsp3) is 0.635. The van der Waals surface area contributed by atoms with Crippen molar-refractivity contribution in [1.29, 1.82) is 0 Å². The lowest BCUT2D eigenvalue weighted by Crippen LogP contribution is -2.62. The quantitative estimate of drug-likeness (QED) is 0.0164. The summed E-state index contributed by atoms with van der Waals surface area (Å²) in [6.07, 6.45) is -2.94. The first-order valence-electron chi connectivity index (χ1n) is 33.8. The topological polar surface area (TPSA) is 723 Å². The number of carbonyl (C=O) groups is 14. The highest BCUT2D eigenvalue weighted by Gasteiger charge is 2.38. The van der Waals surface area contributed by atoms with Crippen molar-refractivity contribution in [3.63, 3.8) is 0 Å². The Kier molecular flexibility index (Phi) is 42.9. The van der Waals surface area contributed by atoms with Crippen LogP contribution in [0.5, 0.6) is 5.75 Å². The van der Waals surface area contributed by atoms with Crippen LogP contribution in [0.4, 0.5) is 0 Å². The molecule has 13 atom stereocenters. The zero-order valence-corrected chi connectivity index (χ0v) is 61.0. The summed E-state index contributed by atoms with van der Waals surface area (Å²) in [6.45, 7) is 7.83. The molecule has 0 heterocycles. The number of aliphatic hydroxyl groups excluding tert-OH is 2. The lowest BCUT2D eigenvalue weighted by molar-refractivity contribution is -0.143. The molecule has 0 aliphatic carbocycles. The molecular weight excluding hydrogens is 1400 g/mol. The number of amides is 13. The van der Waals surface area contributed by atoms with Gasteiger partial charge in [0.25, 0.3) is 0 Å². The minimum absolute atomic E-state index is 0.0110. The van der Waals surface area contributed by atoms with E-state index in [1.165, 1.54) is 43.0 Å². The van der Waals surface area contributed by atoms with E-state index in [0.29, 0.717) is 5.56 Å². The van der Waals surface area contributed by atoms with Crippen LogP contribution < -0.4 is 110 Å². The lowest BCUT2D eigenvalue weighted by Gasteiger charge is -2.29. The monoisotopic (exact) mass is 1510 g/mol. The number of phenolic OH excluding ortho intramolecular Hbond substituents is 1. The van der Waals surface area contributed by atoms with E-state index in [0.717, 1.165) is 6.92 Å². The average molecular weight is 1510 g/mol. The molecule has 0 bridgehead atoms. The molecule has 1 rings (SSSR count). The van der Waals surface area contributed by atoms with Gasteiger partial charge in [0.2, 0.25) is 76.8 Å². The van der Waals surface area contributed by atoms with Crippen molar-refractivity contribution in [3.8, 4) is 5.75 Å². The molecule has 1 aromatic rings. The van der Waals surface area contributed by atoms with Crippen molar-refractivity contribution in [3.05, 3.63) is 29.8 Å². The second-order valence-electron chi connectivity index (χ2n) is 25.4. The van der Waals surface area contributed by atoms with Gasteiger partial charge in [0.05, 0.1) is 12.7 Å². The van der Waals surface area contributed by atoms with Crippen LogP contribution in [0, 0.1) is 11.8 Å². The molecule has 590 valence electrons. The maximum absolute atomic E-state index is 14.6. The van der Waals surface area contributed by atoms with Crippen molar-refractivity contribution >= 4 is 112 Å². The Morgan fingerprint density at radius 2 is 0.781 bits per heavy atom. The number of carboxylic acids is 1. The van der Waals surface area contributed by atoms with Gasteiger partial charge in [-0.15, -0.1) is 0 Å². The van der Waals surface area contributed by atoms with E-state index in [2.05, 4.69) is 73.5 Å². The van der Waals surface area contributed by atoms with Crippen LogP contribution in [0.1, 0.15) is 124 Å². The van der Waals surface area contributed by atoms with Gasteiger partial charge in [-0.05, 0) is 120 Å². The number of hydrogen-bond donors (Lipinski definition) is 24. The number of nitrogens with two attached hydrogens (primary N) is 9. The van der Waals surface area contributed by atoms with Gasteiger partial charge >= 0.3 is 5.97 Å². The first-order valence-corrected chi connectivity index (χ1v) is 35.2. The van der Waals surface area contributed by atoms with Crippen LogP contribution in [-0.2, 0) is 73.5 Å². The maximum atomic E-state index is 14.6. The molecular formula is C63H109N23O18S. The van der Waals surface area contributed by atoms with Gasteiger partial charge in [0.15, 0.2) is 17.9 Å². The molecule has 0 saturated carbocycles. The molecule has 0 unspecified atom stereocenters. The Hall–Kier alpha value is -10.4. The smallest absolute Gasteiger partial charge is 0.326 e. The van der Waals surface area contributed by atoms with Gasteiger partial charge in [0.1, 0.15) is 78.3 Å². The number of aliphatic carboxylic acids is 1. The van der Waals surface area contributed by atoms with Crippen LogP contribution >= 0.6 is 11.8 Å². The molecule has 0 aliphatic rings. The van der Waals surface area contributed by atoms with E-state index in [4.69, 9.17) is 51.6 Å². The van der Waals surface area contributed by atoms with Crippen LogP contribution in [0.25, 0.3) is 0 Å². The molecule has 105 heavy (non-hydrogen) atoms. The van der Waals surface area contributed by atoms with Gasteiger partial charge in [-0.3, -0.25) is 77.3 Å².